The summed E-state index contributed by atoms with van der Waals surface area (Å²) in [5, 5.41) is 17.4. The van der Waals surface area contributed by atoms with Gasteiger partial charge in [-0.3, -0.25) is 9.36 Å². The van der Waals surface area contributed by atoms with Crippen LogP contribution in [-0.4, -0.2) is 4.57 Å². The van der Waals surface area contributed by atoms with Gasteiger partial charge < -0.3 is 5.73 Å². The Bertz CT molecular complexity index is 607. The fourth-order valence-corrected chi connectivity index (χ4v) is 2.12. The molecule has 0 aliphatic carbocycles. The third kappa shape index (κ3) is 1.76. The van der Waals surface area contributed by atoms with E-state index < -0.39 is 0 Å². The smallest absolute Gasteiger partial charge is 0.270 e. The second-order valence-electron chi connectivity index (χ2n) is 2.59. The van der Waals surface area contributed by atoms with Gasteiger partial charge in [-0.25, -0.2) is 0 Å². The summed E-state index contributed by atoms with van der Waals surface area (Å²) < 4.78 is 2.07. The number of nitriles is 2. The fourth-order valence-electron chi connectivity index (χ4n) is 1.13. The molecule has 0 radical (unpaired) electrons. The number of hydrogen-bond acceptors (Lipinski definition) is 5. The van der Waals surface area contributed by atoms with E-state index in [-0.39, 0.29) is 11.1 Å². The van der Waals surface area contributed by atoms with Crippen LogP contribution in [0, 0.1) is 22.7 Å². The summed E-state index contributed by atoms with van der Waals surface area (Å²) in [5.74, 6) is 0. The molecule has 0 spiro atoms. The van der Waals surface area contributed by atoms with Crippen LogP contribution in [0.5, 0.6) is 0 Å². The Balaban J connectivity index is 3.92. The maximum absolute atomic E-state index is 11.6. The van der Waals surface area contributed by atoms with E-state index >= 15 is 0 Å². The lowest BCUT2D eigenvalue weighted by atomic mass is 10.4. The Morgan fingerprint density at radius 2 is 2.20 bits per heavy atom. The minimum Gasteiger partial charge on any atom is -0.403 e. The summed E-state index contributed by atoms with van der Waals surface area (Å²) in [7, 11) is 0. The van der Waals surface area contributed by atoms with Crippen molar-refractivity contribution in [1.29, 1.82) is 10.5 Å². The highest BCUT2D eigenvalue weighted by Gasteiger charge is 2.06. The molecular formula is C9H8N4OS. The lowest BCUT2D eigenvalue weighted by Gasteiger charge is -1.93. The van der Waals surface area contributed by atoms with Crippen molar-refractivity contribution in [3.05, 3.63) is 19.5 Å². The highest BCUT2D eigenvalue weighted by molar-refractivity contribution is 7.07. The van der Waals surface area contributed by atoms with Gasteiger partial charge in [0.25, 0.3) is 5.56 Å². The van der Waals surface area contributed by atoms with Crippen molar-refractivity contribution in [3.8, 4) is 12.1 Å². The zero-order chi connectivity index (χ0) is 11.4. The largest absolute Gasteiger partial charge is 0.403 e. The molecule has 0 saturated carbocycles. The van der Waals surface area contributed by atoms with Gasteiger partial charge in [-0.05, 0) is 6.92 Å². The first-order chi connectivity index (χ1) is 7.19. The first-order valence-corrected chi connectivity index (χ1v) is 4.97. The SMILES string of the molecule is CCn1c(=C(C#N)C#N)s/c(=C\N)c1=O. The predicted octanol–water partition coefficient (Wildman–Crippen LogP) is -1.18. The van der Waals surface area contributed by atoms with Crippen LogP contribution in [0.4, 0.5) is 0 Å². The van der Waals surface area contributed by atoms with E-state index in [2.05, 4.69) is 0 Å². The normalized spacial score (nSPS) is 10.7. The molecule has 5 nitrogen and oxygen atoms in total. The molecule has 0 saturated heterocycles. The summed E-state index contributed by atoms with van der Waals surface area (Å²) in [5.41, 5.74) is 4.94. The Kier molecular flexibility index (Phi) is 3.27. The minimum atomic E-state index is -0.261. The average Bonchev–Trinajstić information content (AvgIpc) is 2.57. The number of nitrogens with zero attached hydrogens (tertiary/aromatic N) is 3. The number of rotatable bonds is 1. The molecule has 0 fully saturated rings. The van der Waals surface area contributed by atoms with Crippen molar-refractivity contribution < 1.29 is 0 Å². The molecule has 6 heteroatoms. The van der Waals surface area contributed by atoms with Gasteiger partial charge in [0.1, 0.15) is 21.3 Å². The molecule has 1 aromatic rings. The monoisotopic (exact) mass is 220 g/mol. The van der Waals surface area contributed by atoms with E-state index in [9.17, 15) is 4.79 Å². The molecule has 0 aromatic carbocycles. The molecule has 0 atom stereocenters. The number of thiazole rings is 1. The van der Waals surface area contributed by atoms with Crippen LogP contribution in [0.3, 0.4) is 0 Å². The van der Waals surface area contributed by atoms with E-state index in [1.54, 1.807) is 19.1 Å². The van der Waals surface area contributed by atoms with Crippen molar-refractivity contribution >= 4 is 23.1 Å². The second-order valence-corrected chi connectivity index (χ2v) is 3.62. The molecule has 0 bridgehead atoms. The third-order valence-corrected chi connectivity index (χ3v) is 2.96. The molecule has 76 valence electrons. The van der Waals surface area contributed by atoms with E-state index in [0.717, 1.165) is 11.3 Å². The molecule has 2 N–H and O–H groups in total. The summed E-state index contributed by atoms with van der Waals surface area (Å²) >= 11 is 1.06. The quantitative estimate of drug-likeness (QED) is 0.644. The van der Waals surface area contributed by atoms with E-state index in [4.69, 9.17) is 16.3 Å². The van der Waals surface area contributed by atoms with Crippen LogP contribution in [0.15, 0.2) is 4.79 Å². The van der Waals surface area contributed by atoms with Crippen molar-refractivity contribution in [1.82, 2.24) is 4.57 Å². The van der Waals surface area contributed by atoms with Gasteiger partial charge in [0.05, 0.1) is 0 Å². The van der Waals surface area contributed by atoms with Gasteiger partial charge in [-0.2, -0.15) is 10.5 Å². The van der Waals surface area contributed by atoms with Crippen LogP contribution < -0.4 is 20.5 Å². The third-order valence-electron chi connectivity index (χ3n) is 1.81. The topological polar surface area (TPSA) is 95.6 Å². The van der Waals surface area contributed by atoms with Crippen LogP contribution >= 0.6 is 11.3 Å². The highest BCUT2D eigenvalue weighted by Crippen LogP contribution is 1.88. The molecule has 0 unspecified atom stereocenters. The number of hydrogen-bond donors (Lipinski definition) is 1. The van der Waals surface area contributed by atoms with Gasteiger partial charge in [0.2, 0.25) is 0 Å². The Morgan fingerprint density at radius 3 is 2.60 bits per heavy atom. The van der Waals surface area contributed by atoms with Gasteiger partial charge in [0, 0.05) is 12.7 Å². The zero-order valence-electron chi connectivity index (χ0n) is 8.02. The van der Waals surface area contributed by atoms with Gasteiger partial charge in [-0.15, -0.1) is 11.3 Å². The number of aromatic nitrogens is 1. The summed E-state index contributed by atoms with van der Waals surface area (Å²) in [4.78, 5) is 11.6. The lowest BCUT2D eigenvalue weighted by Crippen LogP contribution is -2.31. The maximum atomic E-state index is 11.6. The molecule has 1 heterocycles. The van der Waals surface area contributed by atoms with Gasteiger partial charge >= 0.3 is 0 Å². The van der Waals surface area contributed by atoms with Crippen LogP contribution in [0.25, 0.3) is 11.8 Å². The van der Waals surface area contributed by atoms with E-state index in [0.29, 0.717) is 15.7 Å². The molecule has 1 rings (SSSR count). The first kappa shape index (κ1) is 11.0. The molecule has 1 aromatic heterocycles. The maximum Gasteiger partial charge on any atom is 0.270 e. The lowest BCUT2D eigenvalue weighted by molar-refractivity contribution is 0.722. The summed E-state index contributed by atoms with van der Waals surface area (Å²) in [6.07, 6.45) is 1.19. The second kappa shape index (κ2) is 4.45. The summed E-state index contributed by atoms with van der Waals surface area (Å²) in [6, 6.07) is 3.52. The Morgan fingerprint density at radius 1 is 1.60 bits per heavy atom. The molecule has 15 heavy (non-hydrogen) atoms. The Labute approximate surface area is 89.6 Å². The van der Waals surface area contributed by atoms with Crippen LogP contribution in [0.2, 0.25) is 0 Å². The van der Waals surface area contributed by atoms with Gasteiger partial charge in [0.15, 0.2) is 5.57 Å². The van der Waals surface area contributed by atoms with Crippen LogP contribution in [-0.2, 0) is 6.54 Å². The Hall–Kier alpha value is -2.05. The van der Waals surface area contributed by atoms with Crippen molar-refractivity contribution in [2.75, 3.05) is 0 Å². The van der Waals surface area contributed by atoms with E-state index in [1.807, 2.05) is 0 Å². The molecular weight excluding hydrogens is 212 g/mol. The van der Waals surface area contributed by atoms with Crippen molar-refractivity contribution in [3.63, 3.8) is 0 Å². The summed E-state index contributed by atoms with van der Waals surface area (Å²) in [6.45, 7) is 2.18. The first-order valence-electron chi connectivity index (χ1n) is 4.15. The molecule has 0 amide bonds. The van der Waals surface area contributed by atoms with Crippen LogP contribution in [0.1, 0.15) is 6.92 Å². The highest BCUT2D eigenvalue weighted by atomic mass is 32.1. The minimum absolute atomic E-state index is 0.0629. The predicted molar refractivity (Wildman–Crippen MR) is 56.8 cm³/mol. The van der Waals surface area contributed by atoms with Crippen molar-refractivity contribution in [2.24, 2.45) is 5.73 Å². The zero-order valence-corrected chi connectivity index (χ0v) is 8.84. The van der Waals surface area contributed by atoms with Gasteiger partial charge in [-0.1, -0.05) is 0 Å². The number of nitrogens with two attached hydrogens (primary N) is 1. The fraction of sp³-hybridized carbons (Fsp3) is 0.222. The standard InChI is InChI=1S/C9H8N4OS/c1-2-13-8(14)7(5-12)15-9(13)6(3-10)4-11/h5H,2,12H2,1H3/b7-5-. The van der Waals surface area contributed by atoms with E-state index in [1.165, 1.54) is 10.8 Å². The molecule has 0 aliphatic rings. The molecule has 0 aliphatic heterocycles. The average molecular weight is 220 g/mol. The van der Waals surface area contributed by atoms with Crippen molar-refractivity contribution in [2.45, 2.75) is 13.5 Å².